The van der Waals surface area contributed by atoms with Gasteiger partial charge in [0.25, 0.3) is 5.91 Å². The molecule has 1 aromatic heterocycles. The van der Waals surface area contributed by atoms with Gasteiger partial charge in [-0.1, -0.05) is 37.5 Å². The number of methoxy groups -OCH3 is 1. The highest BCUT2D eigenvalue weighted by molar-refractivity contribution is 7.17. The first-order valence-corrected chi connectivity index (χ1v) is 11.9. The summed E-state index contributed by atoms with van der Waals surface area (Å²) in [6.07, 6.45) is 4.55. The molecule has 1 saturated carbocycles. The molecule has 32 heavy (non-hydrogen) atoms. The van der Waals surface area contributed by atoms with E-state index in [0.29, 0.717) is 5.00 Å². The van der Waals surface area contributed by atoms with E-state index in [-0.39, 0.29) is 23.4 Å². The minimum absolute atomic E-state index is 0.216. The minimum Gasteiger partial charge on any atom is -0.465 e. The van der Waals surface area contributed by atoms with Crippen LogP contribution >= 0.6 is 11.3 Å². The van der Waals surface area contributed by atoms with Gasteiger partial charge in [0.1, 0.15) is 10.9 Å². The minimum atomic E-state index is -0.887. The van der Waals surface area contributed by atoms with Crippen LogP contribution in [0.5, 0.6) is 0 Å². The highest BCUT2D eigenvalue weighted by Crippen LogP contribution is 2.47. The molecule has 8 heteroatoms. The van der Waals surface area contributed by atoms with E-state index < -0.39 is 23.9 Å². The van der Waals surface area contributed by atoms with E-state index in [1.807, 2.05) is 37.3 Å². The van der Waals surface area contributed by atoms with E-state index in [1.54, 1.807) is 11.1 Å². The van der Waals surface area contributed by atoms with Gasteiger partial charge in [-0.2, -0.15) is 0 Å². The molecule has 1 aromatic carbocycles. The summed E-state index contributed by atoms with van der Waals surface area (Å²) < 4.78 is 4.88. The topological polar surface area (TPSA) is 76.2 Å². The van der Waals surface area contributed by atoms with Crippen LogP contribution in [-0.2, 0) is 19.2 Å². The number of imide groups is 1. The molecule has 3 heterocycles. The van der Waals surface area contributed by atoms with Crippen molar-refractivity contribution in [3.8, 4) is 0 Å². The first-order valence-electron chi connectivity index (χ1n) is 11.1. The van der Waals surface area contributed by atoms with Crippen molar-refractivity contribution >= 4 is 39.8 Å². The average Bonchev–Trinajstić information content (AvgIpc) is 3.47. The highest BCUT2D eigenvalue weighted by atomic mass is 32.1. The lowest BCUT2D eigenvalue weighted by molar-refractivity contribution is -0.126. The fourth-order valence-corrected chi connectivity index (χ4v) is 6.34. The van der Waals surface area contributed by atoms with Gasteiger partial charge in [0.05, 0.1) is 24.4 Å². The van der Waals surface area contributed by atoms with E-state index in [4.69, 9.17) is 9.57 Å². The Hall–Kier alpha value is -2.71. The number of esters is 1. The summed E-state index contributed by atoms with van der Waals surface area (Å²) >= 11 is 1.25. The van der Waals surface area contributed by atoms with Crippen molar-refractivity contribution in [1.29, 1.82) is 0 Å². The van der Waals surface area contributed by atoms with Crippen LogP contribution in [0.1, 0.15) is 47.3 Å². The third kappa shape index (κ3) is 3.33. The Balaban J connectivity index is 1.54. The molecule has 2 saturated heterocycles. The fourth-order valence-electron chi connectivity index (χ4n) is 5.33. The second-order valence-electron chi connectivity index (χ2n) is 8.68. The maximum Gasteiger partial charge on any atom is 0.340 e. The quantitative estimate of drug-likeness (QED) is 0.511. The number of hydrogen-bond acceptors (Lipinski definition) is 7. The van der Waals surface area contributed by atoms with Crippen LogP contribution in [-0.4, -0.2) is 37.0 Å². The van der Waals surface area contributed by atoms with Crippen molar-refractivity contribution < 1.29 is 24.0 Å². The van der Waals surface area contributed by atoms with Gasteiger partial charge in [-0.15, -0.1) is 11.3 Å². The van der Waals surface area contributed by atoms with Crippen molar-refractivity contribution in [3.63, 3.8) is 0 Å². The Bertz CT molecular complexity index is 1050. The maximum atomic E-state index is 13.8. The first kappa shape index (κ1) is 21.2. The third-order valence-corrected chi connectivity index (χ3v) is 7.78. The molecule has 0 radical (unpaired) electrons. The monoisotopic (exact) mass is 454 g/mol. The van der Waals surface area contributed by atoms with Gasteiger partial charge >= 0.3 is 5.97 Å². The van der Waals surface area contributed by atoms with Crippen LogP contribution in [0.2, 0.25) is 0 Å². The third-order valence-electron chi connectivity index (χ3n) is 6.75. The molecule has 3 fully saturated rings. The van der Waals surface area contributed by atoms with E-state index in [1.165, 1.54) is 24.9 Å². The largest absolute Gasteiger partial charge is 0.465 e. The Morgan fingerprint density at radius 1 is 1.09 bits per heavy atom. The standard InChI is InChI=1S/C24H26N2O5S/c1-14-13-17(24(29)30-2)23(32-14)25-21(27)18-19(15-9-5-3-6-10-15)26(31-20(18)22(25)28)16-11-7-4-8-12-16/h4,7-8,11-13,15,18-20H,3,5-6,9-10H2,1-2H3/t18-,19+,20+/m1/s1. The van der Waals surface area contributed by atoms with E-state index in [9.17, 15) is 14.4 Å². The molecule has 1 aliphatic carbocycles. The molecule has 0 unspecified atom stereocenters. The summed E-state index contributed by atoms with van der Waals surface area (Å²) in [5.74, 6) is -1.59. The lowest BCUT2D eigenvalue weighted by Gasteiger charge is -2.35. The number of anilines is 2. The number of thiophene rings is 1. The predicted molar refractivity (Wildman–Crippen MR) is 121 cm³/mol. The Morgan fingerprint density at radius 3 is 2.50 bits per heavy atom. The molecule has 3 aliphatic rings. The van der Waals surface area contributed by atoms with Crippen LogP contribution in [0.25, 0.3) is 0 Å². The Labute approximate surface area is 190 Å². The molecule has 3 atom stereocenters. The summed E-state index contributed by atoms with van der Waals surface area (Å²) in [5, 5.41) is 2.13. The van der Waals surface area contributed by atoms with E-state index >= 15 is 0 Å². The lowest BCUT2D eigenvalue weighted by atomic mass is 9.77. The Morgan fingerprint density at radius 2 is 1.81 bits per heavy atom. The molecule has 2 amide bonds. The number of carbonyl (C=O) groups excluding carboxylic acids is 3. The van der Waals surface area contributed by atoms with Crippen molar-refractivity contribution in [2.75, 3.05) is 17.1 Å². The number of ether oxygens (including phenoxy) is 1. The SMILES string of the molecule is COC(=O)c1cc(C)sc1N1C(=O)[C@H]2[C@H](ON(c3ccccc3)[C@H]2C2CCCCC2)C1=O. The molecule has 168 valence electrons. The summed E-state index contributed by atoms with van der Waals surface area (Å²) in [6, 6.07) is 11.1. The van der Waals surface area contributed by atoms with Crippen LogP contribution in [0.15, 0.2) is 36.4 Å². The molecule has 7 nitrogen and oxygen atoms in total. The van der Waals surface area contributed by atoms with Gasteiger partial charge < -0.3 is 4.74 Å². The molecular weight excluding hydrogens is 428 g/mol. The number of aryl methyl sites for hydroxylation is 1. The zero-order valence-electron chi connectivity index (χ0n) is 18.2. The van der Waals surface area contributed by atoms with Gasteiger partial charge in [-0.25, -0.2) is 14.8 Å². The smallest absolute Gasteiger partial charge is 0.340 e. The summed E-state index contributed by atoms with van der Waals surface area (Å²) in [4.78, 5) is 47.8. The number of hydrogen-bond donors (Lipinski definition) is 0. The average molecular weight is 455 g/mol. The number of benzene rings is 1. The highest BCUT2D eigenvalue weighted by Gasteiger charge is 2.62. The van der Waals surface area contributed by atoms with Crippen LogP contribution in [0.4, 0.5) is 10.7 Å². The second-order valence-corrected chi connectivity index (χ2v) is 9.92. The number of para-hydroxylation sites is 1. The van der Waals surface area contributed by atoms with E-state index in [2.05, 4.69) is 0 Å². The molecule has 0 N–H and O–H groups in total. The van der Waals surface area contributed by atoms with Crippen molar-refractivity contribution in [2.24, 2.45) is 11.8 Å². The molecule has 0 bridgehead atoms. The Kier molecular flexibility index (Phi) is 5.51. The van der Waals surface area contributed by atoms with Gasteiger partial charge in [0.2, 0.25) is 5.91 Å². The van der Waals surface area contributed by atoms with Gasteiger partial charge in [-0.05, 0) is 43.9 Å². The summed E-state index contributed by atoms with van der Waals surface area (Å²) in [7, 11) is 1.29. The van der Waals surface area contributed by atoms with Crippen LogP contribution < -0.4 is 9.96 Å². The number of nitrogens with zero attached hydrogens (tertiary/aromatic N) is 2. The van der Waals surface area contributed by atoms with Crippen molar-refractivity contribution in [1.82, 2.24) is 0 Å². The fraction of sp³-hybridized carbons (Fsp3) is 0.458. The normalized spacial score (nSPS) is 26.0. The zero-order valence-corrected chi connectivity index (χ0v) is 19.0. The summed E-state index contributed by atoms with van der Waals surface area (Å²) in [6.45, 7) is 1.84. The summed E-state index contributed by atoms with van der Waals surface area (Å²) in [5.41, 5.74) is 1.10. The zero-order chi connectivity index (χ0) is 22.4. The van der Waals surface area contributed by atoms with Gasteiger partial charge in [-0.3, -0.25) is 14.4 Å². The van der Waals surface area contributed by atoms with E-state index in [0.717, 1.165) is 41.1 Å². The first-order chi connectivity index (χ1) is 15.5. The maximum absolute atomic E-state index is 13.8. The van der Waals surface area contributed by atoms with Crippen molar-refractivity contribution in [2.45, 2.75) is 51.2 Å². The lowest BCUT2D eigenvalue weighted by Crippen LogP contribution is -2.45. The number of amides is 2. The molecule has 0 spiro atoms. The number of fused-ring (bicyclic) bond motifs is 1. The second kappa shape index (κ2) is 8.33. The van der Waals surface area contributed by atoms with Crippen LogP contribution in [0.3, 0.4) is 0 Å². The van der Waals surface area contributed by atoms with Gasteiger partial charge in [0, 0.05) is 4.88 Å². The molecule has 2 aromatic rings. The molecule has 2 aliphatic heterocycles. The molecule has 5 rings (SSSR count). The van der Waals surface area contributed by atoms with Crippen molar-refractivity contribution in [3.05, 3.63) is 46.8 Å². The number of rotatable bonds is 4. The van der Waals surface area contributed by atoms with Gasteiger partial charge in [0.15, 0.2) is 6.10 Å². The predicted octanol–water partition coefficient (Wildman–Crippen LogP) is 4.10. The number of hydroxylamine groups is 1. The molecular formula is C24H26N2O5S. The van der Waals surface area contributed by atoms with Crippen LogP contribution in [0, 0.1) is 18.8 Å². The number of carbonyl (C=O) groups is 3.